The molecule has 2 aromatic rings. The molecule has 0 saturated heterocycles. The number of H-pyrrole nitrogens is 1. The first-order chi connectivity index (χ1) is 10.0. The molecule has 0 radical (unpaired) electrons. The zero-order valence-electron chi connectivity index (χ0n) is 13.3. The Hall–Kier alpha value is -1.63. The number of hydrogen-bond donors (Lipinski definition) is 1. The quantitative estimate of drug-likeness (QED) is 0.430. The molecule has 118 valence electrons. The lowest BCUT2D eigenvalue weighted by Crippen LogP contribution is -3.00. The topological polar surface area (TPSA) is 46.0 Å². The molecule has 2 rings (SSSR count). The summed E-state index contributed by atoms with van der Waals surface area (Å²) in [6.45, 7) is 6.07. The van der Waals surface area contributed by atoms with Crippen LogP contribution in [0.5, 0.6) is 0 Å². The Balaban J connectivity index is 0.00000242. The van der Waals surface area contributed by atoms with Gasteiger partial charge in [0, 0.05) is 23.9 Å². The van der Waals surface area contributed by atoms with Crippen molar-refractivity contribution in [3.05, 3.63) is 52.6 Å². The number of nitrogens with one attached hydrogen (secondary N) is 1. The highest BCUT2D eigenvalue weighted by Crippen LogP contribution is 2.21. The number of rotatable bonds is 4. The van der Waals surface area contributed by atoms with Crippen molar-refractivity contribution in [2.24, 2.45) is 7.05 Å². The molecule has 4 nitrogen and oxygen atoms in total. The van der Waals surface area contributed by atoms with Crippen LogP contribution in [0.15, 0.2) is 24.4 Å². The van der Waals surface area contributed by atoms with E-state index in [0.29, 0.717) is 12.3 Å². The number of esters is 1. The molecule has 0 spiro atoms. The number of pyridine rings is 1. The standard InChI is InChI=1S/C17H20N2O2.HI/c1-5-21-17(20)16-12(2)15(13(3)18-16)10-9-14-8-6-7-11-19(14)4;/h6-11H,5H2,1-4H3;1H. The third kappa shape index (κ3) is 3.97. The van der Waals surface area contributed by atoms with Crippen LogP contribution >= 0.6 is 0 Å². The summed E-state index contributed by atoms with van der Waals surface area (Å²) >= 11 is 0. The van der Waals surface area contributed by atoms with Gasteiger partial charge in [-0.3, -0.25) is 0 Å². The number of carbonyl (C=O) groups excluding carboxylic acids is 1. The van der Waals surface area contributed by atoms with Crippen LogP contribution in [-0.4, -0.2) is 17.6 Å². The Kier molecular flexibility index (Phi) is 6.80. The number of aryl methyl sites for hydroxylation is 2. The van der Waals surface area contributed by atoms with Gasteiger partial charge in [-0.15, -0.1) is 0 Å². The van der Waals surface area contributed by atoms with E-state index >= 15 is 0 Å². The summed E-state index contributed by atoms with van der Waals surface area (Å²) in [7, 11) is 2.00. The smallest absolute Gasteiger partial charge is 0.355 e. The van der Waals surface area contributed by atoms with Crippen LogP contribution in [0.25, 0.3) is 12.2 Å². The van der Waals surface area contributed by atoms with Gasteiger partial charge in [-0.25, -0.2) is 9.36 Å². The molecule has 0 unspecified atom stereocenters. The molecule has 0 aliphatic carbocycles. The number of ether oxygens (including phenoxy) is 1. The largest absolute Gasteiger partial charge is 1.00 e. The van der Waals surface area contributed by atoms with E-state index in [1.54, 1.807) is 6.92 Å². The van der Waals surface area contributed by atoms with Crippen LogP contribution in [0.3, 0.4) is 0 Å². The van der Waals surface area contributed by atoms with Crippen LogP contribution in [0, 0.1) is 13.8 Å². The fourth-order valence-corrected chi connectivity index (χ4v) is 2.30. The van der Waals surface area contributed by atoms with E-state index in [0.717, 1.165) is 22.5 Å². The Morgan fingerprint density at radius 1 is 1.32 bits per heavy atom. The Labute approximate surface area is 148 Å². The molecule has 5 heteroatoms. The van der Waals surface area contributed by atoms with Crippen LogP contribution in [0.1, 0.15) is 39.9 Å². The zero-order chi connectivity index (χ0) is 15.4. The highest BCUT2D eigenvalue weighted by atomic mass is 127. The SMILES string of the molecule is CCOC(=O)c1[nH]c(C)c(/C=C/c2cccc[n+]2C)c1C.[I-]. The highest BCUT2D eigenvalue weighted by molar-refractivity contribution is 5.91. The maximum Gasteiger partial charge on any atom is 0.355 e. The van der Waals surface area contributed by atoms with E-state index < -0.39 is 0 Å². The van der Waals surface area contributed by atoms with E-state index in [4.69, 9.17) is 4.74 Å². The number of aromatic amines is 1. The van der Waals surface area contributed by atoms with Gasteiger partial charge in [0.15, 0.2) is 6.20 Å². The summed E-state index contributed by atoms with van der Waals surface area (Å²) in [4.78, 5) is 15.0. The van der Waals surface area contributed by atoms with E-state index in [1.807, 2.05) is 62.0 Å². The molecule has 0 saturated carbocycles. The first kappa shape index (κ1) is 18.4. The lowest BCUT2D eigenvalue weighted by Gasteiger charge is -2.00. The summed E-state index contributed by atoms with van der Waals surface area (Å²) in [5, 5.41) is 0. The van der Waals surface area contributed by atoms with Gasteiger partial charge in [0.05, 0.1) is 6.61 Å². The minimum atomic E-state index is -0.303. The number of aromatic nitrogens is 2. The van der Waals surface area contributed by atoms with E-state index in [-0.39, 0.29) is 29.9 Å². The van der Waals surface area contributed by atoms with Crippen molar-refractivity contribution in [2.75, 3.05) is 6.61 Å². The lowest BCUT2D eigenvalue weighted by atomic mass is 10.1. The minimum absolute atomic E-state index is 0. The van der Waals surface area contributed by atoms with Crippen molar-refractivity contribution in [3.63, 3.8) is 0 Å². The fourth-order valence-electron chi connectivity index (χ4n) is 2.30. The van der Waals surface area contributed by atoms with Gasteiger partial charge in [-0.05, 0) is 44.0 Å². The van der Waals surface area contributed by atoms with Crippen molar-refractivity contribution in [2.45, 2.75) is 20.8 Å². The average Bonchev–Trinajstić information content (AvgIpc) is 2.74. The van der Waals surface area contributed by atoms with E-state index in [1.165, 1.54) is 0 Å². The highest BCUT2D eigenvalue weighted by Gasteiger charge is 2.16. The lowest BCUT2D eigenvalue weighted by molar-refractivity contribution is -0.673. The molecular formula is C17H21IN2O2. The Morgan fingerprint density at radius 3 is 2.68 bits per heavy atom. The molecule has 0 fully saturated rings. The summed E-state index contributed by atoms with van der Waals surface area (Å²) in [5.74, 6) is -0.303. The zero-order valence-corrected chi connectivity index (χ0v) is 15.5. The van der Waals surface area contributed by atoms with Crippen LogP contribution in [-0.2, 0) is 11.8 Å². The molecule has 0 atom stereocenters. The number of halogens is 1. The van der Waals surface area contributed by atoms with Crippen molar-refractivity contribution >= 4 is 18.1 Å². The van der Waals surface area contributed by atoms with E-state index in [2.05, 4.69) is 4.98 Å². The average molecular weight is 412 g/mol. The van der Waals surface area contributed by atoms with Gasteiger partial charge < -0.3 is 33.7 Å². The van der Waals surface area contributed by atoms with E-state index in [9.17, 15) is 4.79 Å². The molecule has 2 heterocycles. The van der Waals surface area contributed by atoms with Crippen LogP contribution < -0.4 is 28.5 Å². The summed E-state index contributed by atoms with van der Waals surface area (Å²) in [6.07, 6.45) is 6.07. The molecule has 2 aromatic heterocycles. The van der Waals surface area contributed by atoms with Gasteiger partial charge >= 0.3 is 5.97 Å². The molecule has 0 aliphatic heterocycles. The number of carbonyl (C=O) groups is 1. The van der Waals surface area contributed by atoms with Crippen LogP contribution in [0.4, 0.5) is 0 Å². The predicted octanol–water partition coefficient (Wildman–Crippen LogP) is -0.193. The van der Waals surface area contributed by atoms with Gasteiger partial charge in [0.2, 0.25) is 5.69 Å². The molecule has 22 heavy (non-hydrogen) atoms. The van der Waals surface area contributed by atoms with Crippen molar-refractivity contribution in [1.82, 2.24) is 4.98 Å². The third-order valence-electron chi connectivity index (χ3n) is 3.49. The van der Waals surface area contributed by atoms with Gasteiger partial charge in [0.25, 0.3) is 0 Å². The Bertz CT molecular complexity index is 690. The van der Waals surface area contributed by atoms with Crippen molar-refractivity contribution in [3.8, 4) is 0 Å². The summed E-state index contributed by atoms with van der Waals surface area (Å²) < 4.78 is 7.10. The maximum absolute atomic E-state index is 11.9. The maximum atomic E-state index is 11.9. The van der Waals surface area contributed by atoms with Crippen LogP contribution in [0.2, 0.25) is 0 Å². The van der Waals surface area contributed by atoms with Gasteiger partial charge in [-0.1, -0.05) is 0 Å². The number of nitrogens with zero attached hydrogens (tertiary/aromatic N) is 1. The Morgan fingerprint density at radius 2 is 2.05 bits per heavy atom. The first-order valence-electron chi connectivity index (χ1n) is 7.03. The monoisotopic (exact) mass is 412 g/mol. The van der Waals surface area contributed by atoms with Gasteiger partial charge in [0.1, 0.15) is 12.7 Å². The first-order valence-corrected chi connectivity index (χ1v) is 7.03. The predicted molar refractivity (Wildman–Crippen MR) is 82.8 cm³/mol. The molecule has 0 aliphatic rings. The molecule has 0 aromatic carbocycles. The van der Waals surface area contributed by atoms with Gasteiger partial charge in [-0.2, -0.15) is 0 Å². The molecule has 1 N–H and O–H groups in total. The molecular weight excluding hydrogens is 391 g/mol. The fraction of sp³-hybridized carbons (Fsp3) is 0.294. The summed E-state index contributed by atoms with van der Waals surface area (Å²) in [6, 6.07) is 6.03. The number of hydrogen-bond acceptors (Lipinski definition) is 2. The second-order valence-electron chi connectivity index (χ2n) is 4.95. The normalized spacial score (nSPS) is 10.5. The second kappa shape index (κ2) is 8.12. The molecule has 0 amide bonds. The van der Waals surface area contributed by atoms with Crippen molar-refractivity contribution < 1.29 is 38.1 Å². The summed E-state index contributed by atoms with van der Waals surface area (Å²) in [5.41, 5.74) is 4.54. The third-order valence-corrected chi connectivity index (χ3v) is 3.49. The van der Waals surface area contributed by atoms with Crippen molar-refractivity contribution in [1.29, 1.82) is 0 Å². The minimum Gasteiger partial charge on any atom is -1.00 e. The second-order valence-corrected chi connectivity index (χ2v) is 4.95. The molecule has 0 bridgehead atoms.